The van der Waals surface area contributed by atoms with Gasteiger partial charge in [-0.15, -0.1) is 0 Å². The number of ether oxygens (including phenoxy) is 1. The first kappa shape index (κ1) is 21.8. The van der Waals surface area contributed by atoms with Gasteiger partial charge in [-0.1, -0.05) is 72.4 Å². The van der Waals surface area contributed by atoms with Crippen molar-refractivity contribution in [3.63, 3.8) is 0 Å². The normalized spacial score (nSPS) is 11.8. The Labute approximate surface area is 202 Å². The van der Waals surface area contributed by atoms with Crippen molar-refractivity contribution in [2.45, 2.75) is 9.79 Å². The minimum absolute atomic E-state index is 0.00959. The highest BCUT2D eigenvalue weighted by Crippen LogP contribution is 2.47. The number of benzene rings is 4. The van der Waals surface area contributed by atoms with E-state index in [1.54, 1.807) is 16.7 Å². The molecule has 0 N–H and O–H groups in total. The number of fused-ring (bicyclic) bond motifs is 2. The number of esters is 1. The van der Waals surface area contributed by atoms with Gasteiger partial charge in [0, 0.05) is 21.2 Å². The van der Waals surface area contributed by atoms with Crippen LogP contribution in [0.4, 0.5) is 22.7 Å². The van der Waals surface area contributed by atoms with Gasteiger partial charge in [0.1, 0.15) is 6.54 Å². The van der Waals surface area contributed by atoms with Crippen LogP contribution in [0.5, 0.6) is 0 Å². The standard InChI is InChI=1S/C28H22N2O3S/c31-27(30-23-15-7-9-17-25(23)34-26-18-10-8-16-24(26)30)20-33-28(32)19-29(21-11-3-1-4-12-21)22-13-5-2-6-14-22/h1-18H,19-20H2. The van der Waals surface area contributed by atoms with Crippen LogP contribution in [-0.2, 0) is 14.3 Å². The fourth-order valence-electron chi connectivity index (χ4n) is 3.90. The molecule has 4 aromatic carbocycles. The zero-order valence-electron chi connectivity index (χ0n) is 18.3. The van der Waals surface area contributed by atoms with Crippen LogP contribution in [0.25, 0.3) is 0 Å². The number of rotatable bonds is 6. The van der Waals surface area contributed by atoms with Gasteiger partial charge in [-0.3, -0.25) is 14.5 Å². The Hall–Kier alpha value is -4.03. The molecular formula is C28H22N2O3S. The predicted octanol–water partition coefficient (Wildman–Crippen LogP) is 6.20. The second-order valence-electron chi connectivity index (χ2n) is 7.68. The van der Waals surface area contributed by atoms with E-state index in [4.69, 9.17) is 4.74 Å². The Morgan fingerprint density at radius 3 is 1.68 bits per heavy atom. The number of hydrogen-bond donors (Lipinski definition) is 0. The lowest BCUT2D eigenvalue weighted by Crippen LogP contribution is -2.34. The highest BCUT2D eigenvalue weighted by atomic mass is 32.2. The van der Waals surface area contributed by atoms with E-state index in [2.05, 4.69) is 0 Å². The zero-order chi connectivity index (χ0) is 23.3. The Balaban J connectivity index is 1.33. The van der Waals surface area contributed by atoms with Crippen LogP contribution < -0.4 is 9.80 Å². The molecule has 0 unspecified atom stereocenters. The summed E-state index contributed by atoms with van der Waals surface area (Å²) < 4.78 is 5.48. The summed E-state index contributed by atoms with van der Waals surface area (Å²) in [5.74, 6) is -0.770. The highest BCUT2D eigenvalue weighted by molar-refractivity contribution is 7.99. The van der Waals surface area contributed by atoms with Crippen molar-refractivity contribution in [2.75, 3.05) is 23.0 Å². The molecule has 5 nitrogen and oxygen atoms in total. The summed E-state index contributed by atoms with van der Waals surface area (Å²) in [6.07, 6.45) is 0. The molecule has 0 radical (unpaired) electrons. The number of nitrogens with zero attached hydrogens (tertiary/aromatic N) is 2. The van der Waals surface area contributed by atoms with E-state index in [0.29, 0.717) is 0 Å². The molecule has 0 spiro atoms. The molecule has 34 heavy (non-hydrogen) atoms. The third-order valence-corrected chi connectivity index (χ3v) is 6.59. The fourth-order valence-corrected chi connectivity index (χ4v) is 4.96. The average molecular weight is 467 g/mol. The Morgan fingerprint density at radius 2 is 1.15 bits per heavy atom. The SMILES string of the molecule is O=C(CN(c1ccccc1)c1ccccc1)OCC(=O)N1c2ccccc2Sc2ccccc21. The number of para-hydroxylation sites is 4. The lowest BCUT2D eigenvalue weighted by atomic mass is 10.2. The molecule has 0 atom stereocenters. The van der Waals surface area contributed by atoms with E-state index in [1.165, 1.54) is 0 Å². The topological polar surface area (TPSA) is 49.9 Å². The predicted molar refractivity (Wildman–Crippen MR) is 135 cm³/mol. The number of amides is 1. The molecule has 0 saturated carbocycles. The molecule has 0 fully saturated rings. The third kappa shape index (κ3) is 4.54. The quantitative estimate of drug-likeness (QED) is 0.317. The monoisotopic (exact) mass is 466 g/mol. The lowest BCUT2D eigenvalue weighted by Gasteiger charge is -2.31. The van der Waals surface area contributed by atoms with Crippen molar-refractivity contribution in [3.8, 4) is 0 Å². The molecule has 0 bridgehead atoms. The third-order valence-electron chi connectivity index (χ3n) is 5.46. The Morgan fingerprint density at radius 1 is 0.676 bits per heavy atom. The van der Waals surface area contributed by atoms with Gasteiger partial charge < -0.3 is 9.64 Å². The highest BCUT2D eigenvalue weighted by Gasteiger charge is 2.28. The Kier molecular flexibility index (Phi) is 6.31. The van der Waals surface area contributed by atoms with Gasteiger partial charge in [-0.25, -0.2) is 0 Å². The van der Waals surface area contributed by atoms with Gasteiger partial charge in [0.15, 0.2) is 6.61 Å². The molecule has 0 aliphatic carbocycles. The van der Waals surface area contributed by atoms with E-state index < -0.39 is 5.97 Å². The van der Waals surface area contributed by atoms with Crippen LogP contribution in [0.15, 0.2) is 119 Å². The summed E-state index contributed by atoms with van der Waals surface area (Å²) in [4.78, 5) is 31.6. The molecule has 1 aliphatic rings. The summed E-state index contributed by atoms with van der Waals surface area (Å²) >= 11 is 1.62. The van der Waals surface area contributed by atoms with Crippen molar-refractivity contribution in [2.24, 2.45) is 0 Å². The van der Waals surface area contributed by atoms with Crippen LogP contribution in [0, 0.1) is 0 Å². The fraction of sp³-hybridized carbons (Fsp3) is 0.0714. The summed E-state index contributed by atoms with van der Waals surface area (Å²) in [5.41, 5.74) is 3.32. The van der Waals surface area contributed by atoms with Crippen LogP contribution in [0.2, 0.25) is 0 Å². The van der Waals surface area contributed by atoms with Gasteiger partial charge in [0.2, 0.25) is 0 Å². The number of carbonyl (C=O) groups is 2. The first-order chi connectivity index (χ1) is 16.7. The van der Waals surface area contributed by atoms with Crippen LogP contribution in [0.3, 0.4) is 0 Å². The van der Waals surface area contributed by atoms with Gasteiger partial charge in [0.25, 0.3) is 5.91 Å². The van der Waals surface area contributed by atoms with Gasteiger partial charge in [0.05, 0.1) is 11.4 Å². The lowest BCUT2D eigenvalue weighted by molar-refractivity contribution is -0.146. The molecule has 1 amide bonds. The van der Waals surface area contributed by atoms with Crippen molar-refractivity contribution in [1.82, 2.24) is 0 Å². The average Bonchev–Trinajstić information content (AvgIpc) is 2.90. The summed E-state index contributed by atoms with van der Waals surface area (Å²) in [5, 5.41) is 0. The largest absolute Gasteiger partial charge is 0.454 e. The Bertz CT molecular complexity index is 1230. The summed E-state index contributed by atoms with van der Waals surface area (Å²) in [7, 11) is 0. The maximum absolute atomic E-state index is 13.3. The zero-order valence-corrected chi connectivity index (χ0v) is 19.2. The van der Waals surface area contributed by atoms with Crippen molar-refractivity contribution in [3.05, 3.63) is 109 Å². The second-order valence-corrected chi connectivity index (χ2v) is 8.77. The van der Waals surface area contributed by atoms with Gasteiger partial charge in [-0.05, 0) is 48.5 Å². The molecule has 1 heterocycles. The van der Waals surface area contributed by atoms with Crippen LogP contribution in [0.1, 0.15) is 0 Å². The molecule has 6 heteroatoms. The summed E-state index contributed by atoms with van der Waals surface area (Å²) in [6.45, 7) is -0.353. The molecule has 0 aromatic heterocycles. The maximum atomic E-state index is 13.3. The maximum Gasteiger partial charge on any atom is 0.326 e. The smallest absolute Gasteiger partial charge is 0.326 e. The minimum Gasteiger partial charge on any atom is -0.454 e. The summed E-state index contributed by atoms with van der Waals surface area (Å²) in [6, 6.07) is 34.8. The van der Waals surface area contributed by atoms with E-state index in [9.17, 15) is 9.59 Å². The first-order valence-electron chi connectivity index (χ1n) is 10.9. The van der Waals surface area contributed by atoms with Crippen LogP contribution >= 0.6 is 11.8 Å². The van der Waals surface area contributed by atoms with E-state index in [-0.39, 0.29) is 19.1 Å². The molecule has 0 saturated heterocycles. The van der Waals surface area contributed by atoms with E-state index in [1.807, 2.05) is 114 Å². The minimum atomic E-state index is -0.478. The van der Waals surface area contributed by atoms with Crippen LogP contribution in [-0.4, -0.2) is 25.0 Å². The number of anilines is 4. The van der Waals surface area contributed by atoms with E-state index >= 15 is 0 Å². The van der Waals surface area contributed by atoms with Gasteiger partial charge >= 0.3 is 5.97 Å². The molecule has 5 rings (SSSR count). The van der Waals surface area contributed by atoms with E-state index in [0.717, 1.165) is 32.5 Å². The second kappa shape index (κ2) is 9.85. The molecule has 168 valence electrons. The number of hydrogen-bond acceptors (Lipinski definition) is 5. The van der Waals surface area contributed by atoms with Crippen molar-refractivity contribution in [1.29, 1.82) is 0 Å². The van der Waals surface area contributed by atoms with Crippen molar-refractivity contribution < 1.29 is 14.3 Å². The number of carbonyl (C=O) groups excluding carboxylic acids is 2. The van der Waals surface area contributed by atoms with Gasteiger partial charge in [-0.2, -0.15) is 0 Å². The van der Waals surface area contributed by atoms with Crippen molar-refractivity contribution >= 4 is 46.4 Å². The first-order valence-corrected chi connectivity index (χ1v) is 11.7. The molecular weight excluding hydrogens is 444 g/mol. The molecule has 4 aromatic rings. The molecule has 1 aliphatic heterocycles.